The summed E-state index contributed by atoms with van der Waals surface area (Å²) in [5.74, 6) is -0.0911. The first-order valence-corrected chi connectivity index (χ1v) is 12.0. The predicted molar refractivity (Wildman–Crippen MR) is 131 cm³/mol. The number of thiazole rings is 1. The summed E-state index contributed by atoms with van der Waals surface area (Å²) in [6.45, 7) is 8.90. The van der Waals surface area contributed by atoms with E-state index in [1.807, 2.05) is 48.5 Å². The van der Waals surface area contributed by atoms with Gasteiger partial charge in [-0.05, 0) is 63.9 Å². The van der Waals surface area contributed by atoms with Crippen molar-refractivity contribution in [2.24, 2.45) is 0 Å². The van der Waals surface area contributed by atoms with Crippen molar-refractivity contribution in [3.8, 4) is 10.6 Å². The summed E-state index contributed by atoms with van der Waals surface area (Å²) in [7, 11) is 0. The maximum Gasteiger partial charge on any atom is 0.256 e. The van der Waals surface area contributed by atoms with Crippen molar-refractivity contribution in [2.45, 2.75) is 45.2 Å². The number of nitrogens with one attached hydrogen (secondary N) is 2. The molecule has 0 atom stereocenters. The summed E-state index contributed by atoms with van der Waals surface area (Å²) < 4.78 is 1.16. The smallest absolute Gasteiger partial charge is 0.256 e. The van der Waals surface area contributed by atoms with Crippen molar-refractivity contribution < 1.29 is 4.79 Å². The molecule has 2 N–H and O–H groups in total. The highest BCUT2D eigenvalue weighted by atomic mass is 32.1. The van der Waals surface area contributed by atoms with Gasteiger partial charge in [0.2, 0.25) is 0 Å². The highest BCUT2D eigenvalue weighted by Crippen LogP contribution is 2.50. The normalized spacial score (nSPS) is 16.8. The first-order chi connectivity index (χ1) is 14.7. The topological polar surface area (TPSA) is 54.0 Å². The number of aromatic nitrogens is 1. The molecule has 0 radical (unpaired) electrons. The second-order valence-corrected chi connectivity index (χ2v) is 11.3. The van der Waals surface area contributed by atoms with Crippen LogP contribution in [0.5, 0.6) is 0 Å². The summed E-state index contributed by atoms with van der Waals surface area (Å²) in [6, 6.07) is 17.6. The van der Waals surface area contributed by atoms with Crippen LogP contribution in [0, 0.1) is 0 Å². The number of rotatable bonds is 3. The van der Waals surface area contributed by atoms with E-state index in [1.165, 1.54) is 10.4 Å². The molecule has 31 heavy (non-hydrogen) atoms. The van der Waals surface area contributed by atoms with Crippen LogP contribution in [0.1, 0.15) is 48.5 Å². The fourth-order valence-corrected chi connectivity index (χ4v) is 6.97. The van der Waals surface area contributed by atoms with E-state index in [2.05, 4.69) is 44.4 Å². The lowest BCUT2D eigenvalue weighted by Gasteiger charge is -2.42. The number of benzene rings is 2. The minimum atomic E-state index is -0.192. The van der Waals surface area contributed by atoms with Crippen LogP contribution in [0.2, 0.25) is 0 Å². The standard InChI is InChI=1S/C25H25N3OS2/c1-24(2)14-16-19(22-26-17-12-8-9-13-18(17)30-22)23(31-20(16)25(3,4)28-24)27-21(29)15-10-6-5-7-11-15/h5-13,28H,14H2,1-4H3,(H,27,29). The van der Waals surface area contributed by atoms with Crippen LogP contribution >= 0.6 is 22.7 Å². The lowest BCUT2D eigenvalue weighted by atomic mass is 9.81. The third-order valence-electron chi connectivity index (χ3n) is 5.62. The largest absolute Gasteiger partial charge is 0.313 e. The maximum atomic E-state index is 13.0. The van der Waals surface area contributed by atoms with Gasteiger partial charge in [-0.2, -0.15) is 0 Å². The van der Waals surface area contributed by atoms with Crippen LogP contribution in [0.4, 0.5) is 5.00 Å². The molecule has 0 saturated heterocycles. The summed E-state index contributed by atoms with van der Waals surface area (Å²) in [6.07, 6.45) is 0.884. The fraction of sp³-hybridized carbons (Fsp3) is 0.280. The van der Waals surface area contributed by atoms with Gasteiger partial charge in [0.25, 0.3) is 5.91 Å². The Bertz CT molecular complexity index is 1250. The van der Waals surface area contributed by atoms with E-state index in [4.69, 9.17) is 4.98 Å². The number of fused-ring (bicyclic) bond motifs is 2. The minimum absolute atomic E-state index is 0.0519. The summed E-state index contributed by atoms with van der Waals surface area (Å²) >= 11 is 3.36. The van der Waals surface area contributed by atoms with Crippen LogP contribution in [0.15, 0.2) is 54.6 Å². The number of hydrogen-bond donors (Lipinski definition) is 2. The zero-order chi connectivity index (χ0) is 21.8. The van der Waals surface area contributed by atoms with Crippen molar-refractivity contribution in [3.05, 3.63) is 70.6 Å². The van der Waals surface area contributed by atoms with Crippen molar-refractivity contribution in [1.29, 1.82) is 0 Å². The van der Waals surface area contributed by atoms with E-state index in [9.17, 15) is 4.79 Å². The van der Waals surface area contributed by atoms with Crippen molar-refractivity contribution in [1.82, 2.24) is 10.3 Å². The van der Waals surface area contributed by atoms with Gasteiger partial charge in [-0.1, -0.05) is 30.3 Å². The molecule has 5 rings (SSSR count). The lowest BCUT2D eigenvalue weighted by Crippen LogP contribution is -2.54. The summed E-state index contributed by atoms with van der Waals surface area (Å²) in [4.78, 5) is 19.3. The highest BCUT2D eigenvalue weighted by Gasteiger charge is 2.41. The van der Waals surface area contributed by atoms with Gasteiger partial charge in [-0.3, -0.25) is 4.79 Å². The van der Waals surface area contributed by atoms with Crippen LogP contribution in [0.25, 0.3) is 20.8 Å². The van der Waals surface area contributed by atoms with Crippen LogP contribution < -0.4 is 10.6 Å². The van der Waals surface area contributed by atoms with Gasteiger partial charge in [0.05, 0.1) is 10.2 Å². The van der Waals surface area contributed by atoms with Crippen molar-refractivity contribution >= 4 is 43.8 Å². The Morgan fingerprint density at radius 3 is 2.45 bits per heavy atom. The van der Waals surface area contributed by atoms with E-state index < -0.39 is 0 Å². The Balaban J connectivity index is 1.69. The Hall–Kier alpha value is -2.54. The molecular formula is C25H25N3OS2. The molecule has 0 unspecified atom stereocenters. The molecule has 158 valence electrons. The molecule has 4 nitrogen and oxygen atoms in total. The molecule has 1 amide bonds. The van der Waals surface area contributed by atoms with E-state index in [1.54, 1.807) is 22.7 Å². The molecule has 6 heteroatoms. The monoisotopic (exact) mass is 447 g/mol. The number of nitrogens with zero attached hydrogens (tertiary/aromatic N) is 1. The molecule has 4 aromatic rings. The van der Waals surface area contributed by atoms with Gasteiger partial charge in [0.1, 0.15) is 10.0 Å². The second-order valence-electron chi connectivity index (χ2n) is 9.23. The Morgan fingerprint density at radius 2 is 1.71 bits per heavy atom. The Kier molecular flexibility index (Phi) is 4.77. The van der Waals surface area contributed by atoms with E-state index in [0.717, 1.165) is 32.2 Å². The number of amides is 1. The van der Waals surface area contributed by atoms with E-state index >= 15 is 0 Å². The molecule has 0 saturated carbocycles. The number of anilines is 1. The van der Waals surface area contributed by atoms with Gasteiger partial charge in [0.15, 0.2) is 0 Å². The average Bonchev–Trinajstić information content (AvgIpc) is 3.28. The van der Waals surface area contributed by atoms with Crippen molar-refractivity contribution in [3.63, 3.8) is 0 Å². The van der Waals surface area contributed by atoms with Crippen LogP contribution in [-0.2, 0) is 12.0 Å². The van der Waals surface area contributed by atoms with Crippen LogP contribution in [0.3, 0.4) is 0 Å². The second kappa shape index (κ2) is 7.26. The first-order valence-electron chi connectivity index (χ1n) is 10.4. The van der Waals surface area contributed by atoms with Crippen molar-refractivity contribution in [2.75, 3.05) is 5.32 Å². The van der Waals surface area contributed by atoms with Gasteiger partial charge in [-0.25, -0.2) is 4.98 Å². The molecule has 3 heterocycles. The molecule has 2 aromatic carbocycles. The van der Waals surface area contributed by atoms with Gasteiger partial charge in [-0.15, -0.1) is 22.7 Å². The Morgan fingerprint density at radius 1 is 1.00 bits per heavy atom. The molecule has 2 aromatic heterocycles. The fourth-order valence-electron chi connectivity index (χ4n) is 4.59. The zero-order valence-electron chi connectivity index (χ0n) is 18.1. The molecule has 0 spiro atoms. The molecule has 0 bridgehead atoms. The number of carbonyl (C=O) groups is 1. The van der Waals surface area contributed by atoms with E-state index in [-0.39, 0.29) is 17.0 Å². The third kappa shape index (κ3) is 3.69. The minimum Gasteiger partial charge on any atom is -0.313 e. The molecule has 0 fully saturated rings. The molecular weight excluding hydrogens is 422 g/mol. The molecule has 1 aliphatic heterocycles. The number of carbonyl (C=O) groups excluding carboxylic acids is 1. The van der Waals surface area contributed by atoms with Gasteiger partial charge in [0, 0.05) is 27.1 Å². The maximum absolute atomic E-state index is 13.0. The third-order valence-corrected chi connectivity index (χ3v) is 8.14. The average molecular weight is 448 g/mol. The van der Waals surface area contributed by atoms with Crippen LogP contribution in [-0.4, -0.2) is 16.4 Å². The van der Waals surface area contributed by atoms with Gasteiger partial charge >= 0.3 is 0 Å². The number of para-hydroxylation sites is 1. The lowest BCUT2D eigenvalue weighted by molar-refractivity contribution is 0.102. The SMILES string of the molecule is CC1(C)Cc2c(sc(NC(=O)c3ccccc3)c2-c2nc3ccccc3s2)C(C)(C)N1. The summed E-state index contributed by atoms with van der Waals surface area (Å²) in [5.41, 5.74) is 3.78. The number of hydrogen-bond acceptors (Lipinski definition) is 5. The predicted octanol–water partition coefficient (Wildman–Crippen LogP) is 6.44. The zero-order valence-corrected chi connectivity index (χ0v) is 19.7. The van der Waals surface area contributed by atoms with E-state index in [0.29, 0.717) is 5.56 Å². The van der Waals surface area contributed by atoms with Gasteiger partial charge < -0.3 is 10.6 Å². The molecule has 1 aliphatic rings. The highest BCUT2D eigenvalue weighted by molar-refractivity contribution is 7.23. The Labute approximate surface area is 190 Å². The first kappa shape index (κ1) is 20.4. The molecule has 0 aliphatic carbocycles. The number of thiophene rings is 1. The summed E-state index contributed by atoms with van der Waals surface area (Å²) in [5, 5.41) is 8.83. The quantitative estimate of drug-likeness (QED) is 0.380.